The van der Waals surface area contributed by atoms with Gasteiger partial charge in [0.05, 0.1) is 11.1 Å². The monoisotopic (exact) mass is 1060 g/mol. The van der Waals surface area contributed by atoms with Gasteiger partial charge in [-0.15, -0.1) is 0 Å². The Morgan fingerprint density at radius 1 is 0.500 bits per heavy atom. The van der Waals surface area contributed by atoms with Crippen LogP contribution in [0.4, 0.5) is 8.78 Å². The van der Waals surface area contributed by atoms with Crippen LogP contribution in [0.1, 0.15) is 74.7 Å². The van der Waals surface area contributed by atoms with E-state index in [9.17, 15) is 28.0 Å². The summed E-state index contributed by atoms with van der Waals surface area (Å²) in [6.45, 7) is 11.3. The fourth-order valence-electron chi connectivity index (χ4n) is 9.10. The zero-order valence-corrected chi connectivity index (χ0v) is 45.0. The van der Waals surface area contributed by atoms with Gasteiger partial charge in [0, 0.05) is 78.2 Å². The summed E-state index contributed by atoms with van der Waals surface area (Å²) in [5.41, 5.74) is 11.9. The van der Waals surface area contributed by atoms with Crippen molar-refractivity contribution in [2.45, 2.75) is 34.6 Å². The number of amides is 4. The minimum atomic E-state index is -0.373. The minimum absolute atomic E-state index is 0.129. The quantitative estimate of drug-likeness (QED) is 0.0845. The summed E-state index contributed by atoms with van der Waals surface area (Å²) in [6, 6.07) is 38.5. The van der Waals surface area contributed by atoms with Crippen LogP contribution < -0.4 is 21.3 Å². The Labute approximate surface area is 454 Å². The van der Waals surface area contributed by atoms with Crippen molar-refractivity contribution in [3.63, 3.8) is 0 Å². The molecule has 14 heteroatoms. The number of nitrogens with one attached hydrogen (secondary N) is 4. The van der Waals surface area contributed by atoms with Crippen LogP contribution in [-0.4, -0.2) is 55.8 Å². The van der Waals surface area contributed by atoms with E-state index in [-0.39, 0.29) is 35.3 Å². The second-order valence-corrected chi connectivity index (χ2v) is 20.5. The number of aromatic nitrogens is 1. The van der Waals surface area contributed by atoms with Crippen molar-refractivity contribution in [2.24, 2.45) is 11.8 Å². The Kier molecular flexibility index (Phi) is 16.2. The van der Waals surface area contributed by atoms with Crippen LogP contribution in [0.5, 0.6) is 0 Å². The maximum atomic E-state index is 13.6. The number of carbonyl (C=O) groups is 4. The second-order valence-electron chi connectivity index (χ2n) is 19.7. The maximum Gasteiger partial charge on any atom is 0.255 e. The lowest BCUT2D eigenvalue weighted by Crippen LogP contribution is -2.27. The van der Waals surface area contributed by atoms with E-state index in [1.807, 2.05) is 110 Å². The molecule has 10 aromatic rings. The number of fused-ring (bicyclic) bond motifs is 2. The zero-order valence-electron chi connectivity index (χ0n) is 44.1. The van der Waals surface area contributed by atoms with Gasteiger partial charge in [-0.2, -0.15) is 11.3 Å². The standard InChI is InChI=1S/C33H30FN3O3.C31H27FN2O3S/c1-19(2)16-37-32(38)27-14-22(7-11-26(27)24-13-20(3)17-36-18-24)23-8-12-29-28(15-23)30(33(39)35-4)31(40-29)21-5-9-25(34)10-6-21;1-18(2)16-34-30(35)25-14-20(6-10-24(25)22-12-13-38-17-22)21-7-11-27-26(15-21)28(31(36)33-3)29(37-27)19-4-8-23(32)9-5-19/h5-15,17-19H,16H2,1-4H3,(H,35,39)(H,37,38);4-15,17-18H,16H2,1-3H3,(H,33,36)(H,34,35). The molecule has 0 unspecified atom stereocenters. The first-order valence-electron chi connectivity index (χ1n) is 25.5. The highest BCUT2D eigenvalue weighted by Crippen LogP contribution is 2.40. The van der Waals surface area contributed by atoms with Gasteiger partial charge in [-0.1, -0.05) is 64.1 Å². The van der Waals surface area contributed by atoms with Crippen LogP contribution in [0.25, 0.3) is 89.1 Å². The molecule has 394 valence electrons. The Bertz CT molecular complexity index is 3840. The number of hydrogen-bond acceptors (Lipinski definition) is 8. The number of furan rings is 2. The van der Waals surface area contributed by atoms with E-state index in [4.69, 9.17) is 8.83 Å². The van der Waals surface area contributed by atoms with Gasteiger partial charge in [-0.25, -0.2) is 8.78 Å². The van der Waals surface area contributed by atoms with Crippen LogP contribution in [0.15, 0.2) is 165 Å². The molecule has 0 bridgehead atoms. The summed E-state index contributed by atoms with van der Waals surface area (Å²) in [6.07, 6.45) is 3.53. The summed E-state index contributed by atoms with van der Waals surface area (Å²) < 4.78 is 39.3. The van der Waals surface area contributed by atoms with Crippen molar-refractivity contribution < 1.29 is 36.8 Å². The summed E-state index contributed by atoms with van der Waals surface area (Å²) in [5.74, 6) is -0.285. The summed E-state index contributed by atoms with van der Waals surface area (Å²) >= 11 is 1.58. The molecule has 0 saturated carbocycles. The number of nitrogens with zero attached hydrogens (tertiary/aromatic N) is 1. The van der Waals surface area contributed by atoms with E-state index in [0.29, 0.717) is 91.8 Å². The Hall–Kier alpha value is -9.01. The van der Waals surface area contributed by atoms with Crippen molar-refractivity contribution in [3.8, 4) is 67.2 Å². The molecule has 0 aliphatic heterocycles. The van der Waals surface area contributed by atoms with Crippen LogP contribution in [0.3, 0.4) is 0 Å². The van der Waals surface area contributed by atoms with Crippen LogP contribution >= 0.6 is 11.3 Å². The number of pyridine rings is 1. The van der Waals surface area contributed by atoms with E-state index in [2.05, 4.69) is 40.1 Å². The molecule has 78 heavy (non-hydrogen) atoms. The van der Waals surface area contributed by atoms with Gasteiger partial charge < -0.3 is 30.1 Å². The molecule has 4 amide bonds. The van der Waals surface area contributed by atoms with Gasteiger partial charge in [0.25, 0.3) is 23.6 Å². The Morgan fingerprint density at radius 3 is 1.33 bits per heavy atom. The number of halogens is 2. The zero-order chi connectivity index (χ0) is 55.2. The summed E-state index contributed by atoms with van der Waals surface area (Å²) in [7, 11) is 3.12. The van der Waals surface area contributed by atoms with E-state index < -0.39 is 0 Å². The number of aryl methyl sites for hydroxylation is 1. The fourth-order valence-corrected chi connectivity index (χ4v) is 9.75. The molecule has 6 aromatic carbocycles. The molecule has 0 fully saturated rings. The minimum Gasteiger partial charge on any atom is -0.455 e. The topological polar surface area (TPSA) is 156 Å². The average molecular weight is 1060 g/mol. The molecule has 0 aliphatic rings. The van der Waals surface area contributed by atoms with Crippen molar-refractivity contribution in [1.82, 2.24) is 26.3 Å². The van der Waals surface area contributed by atoms with Gasteiger partial charge in [0.15, 0.2) is 0 Å². The average Bonchev–Trinajstić information content (AvgIpc) is 4.43. The van der Waals surface area contributed by atoms with Crippen LogP contribution in [-0.2, 0) is 0 Å². The number of carbonyl (C=O) groups excluding carboxylic acids is 4. The Morgan fingerprint density at radius 2 is 0.923 bits per heavy atom. The van der Waals surface area contributed by atoms with E-state index in [0.717, 1.165) is 50.1 Å². The third-order valence-electron chi connectivity index (χ3n) is 13.1. The van der Waals surface area contributed by atoms with Gasteiger partial charge in [-0.3, -0.25) is 24.2 Å². The lowest BCUT2D eigenvalue weighted by molar-refractivity contribution is 0.0941. The molecule has 0 radical (unpaired) electrons. The molecule has 11 nitrogen and oxygen atoms in total. The highest BCUT2D eigenvalue weighted by Gasteiger charge is 2.25. The van der Waals surface area contributed by atoms with Gasteiger partial charge >= 0.3 is 0 Å². The predicted molar refractivity (Wildman–Crippen MR) is 306 cm³/mol. The molecule has 4 heterocycles. The van der Waals surface area contributed by atoms with E-state index in [1.54, 1.807) is 68.2 Å². The van der Waals surface area contributed by atoms with E-state index in [1.165, 1.54) is 24.3 Å². The van der Waals surface area contributed by atoms with Crippen LogP contribution in [0, 0.1) is 30.4 Å². The van der Waals surface area contributed by atoms with Crippen molar-refractivity contribution in [1.29, 1.82) is 0 Å². The molecule has 4 N–H and O–H groups in total. The van der Waals surface area contributed by atoms with E-state index >= 15 is 0 Å². The third-order valence-corrected chi connectivity index (χ3v) is 13.7. The first-order valence-corrected chi connectivity index (χ1v) is 26.4. The van der Waals surface area contributed by atoms with Gasteiger partial charge in [0.2, 0.25) is 0 Å². The first kappa shape index (κ1) is 53.8. The molecule has 10 rings (SSSR count). The lowest BCUT2D eigenvalue weighted by Gasteiger charge is -2.14. The summed E-state index contributed by atoms with van der Waals surface area (Å²) in [4.78, 5) is 56.8. The molecule has 0 saturated heterocycles. The van der Waals surface area contributed by atoms with Crippen molar-refractivity contribution in [3.05, 3.63) is 196 Å². The molecule has 0 aliphatic carbocycles. The largest absolute Gasteiger partial charge is 0.455 e. The Balaban J connectivity index is 0.000000190. The van der Waals surface area contributed by atoms with Gasteiger partial charge in [-0.05, 0) is 171 Å². The SMILES string of the molecule is CNC(=O)c1c(-c2ccc(F)cc2)oc2ccc(-c3ccc(-c4ccsc4)c(C(=O)NCC(C)C)c3)cc12.CNC(=O)c1c(-c2ccc(F)cc2)oc2ccc(-c3ccc(-c4cncc(C)c4)c(C(=O)NCC(C)C)c3)cc12. The third kappa shape index (κ3) is 11.7. The van der Waals surface area contributed by atoms with Crippen molar-refractivity contribution in [2.75, 3.05) is 27.2 Å². The highest BCUT2D eigenvalue weighted by atomic mass is 32.1. The molecule has 0 atom stereocenters. The maximum absolute atomic E-state index is 13.6. The number of rotatable bonds is 14. The smallest absolute Gasteiger partial charge is 0.255 e. The van der Waals surface area contributed by atoms with Crippen molar-refractivity contribution >= 4 is 56.9 Å². The number of benzene rings is 6. The molecule has 0 spiro atoms. The molecular formula is C64H57F2N5O6S. The molecule has 4 aromatic heterocycles. The summed E-state index contributed by atoms with van der Waals surface area (Å²) in [5, 5.41) is 16.7. The van der Waals surface area contributed by atoms with Crippen LogP contribution in [0.2, 0.25) is 0 Å². The van der Waals surface area contributed by atoms with Gasteiger partial charge in [0.1, 0.15) is 34.3 Å². The number of thiophene rings is 1. The highest BCUT2D eigenvalue weighted by molar-refractivity contribution is 7.08. The predicted octanol–water partition coefficient (Wildman–Crippen LogP) is 14.4. The second kappa shape index (κ2) is 23.5. The first-order chi connectivity index (χ1) is 37.6. The number of hydrogen-bond donors (Lipinski definition) is 4. The molecular weight excluding hydrogens is 1000 g/mol. The lowest BCUT2D eigenvalue weighted by atomic mass is 9.93. The normalized spacial score (nSPS) is 11.2. The fraction of sp³-hybridized carbons (Fsp3) is 0.172.